The van der Waals surface area contributed by atoms with Crippen LogP contribution in [-0.4, -0.2) is 24.4 Å². The Morgan fingerprint density at radius 1 is 1.08 bits per heavy atom. The van der Waals surface area contributed by atoms with Gasteiger partial charge in [-0.25, -0.2) is 0 Å². The molecule has 1 atom stereocenters. The van der Waals surface area contributed by atoms with Gasteiger partial charge in [-0.05, 0) is 19.3 Å². The van der Waals surface area contributed by atoms with Crippen molar-refractivity contribution in [2.45, 2.75) is 51.0 Å². The zero-order chi connectivity index (χ0) is 9.15. The van der Waals surface area contributed by atoms with Crippen LogP contribution in [0.25, 0.3) is 0 Å². The number of aliphatic hydroxyl groups is 1. The van der Waals surface area contributed by atoms with Gasteiger partial charge in [0, 0.05) is 12.0 Å². The first-order valence-corrected chi connectivity index (χ1v) is 5.59. The number of ether oxygens (including phenoxy) is 1. The van der Waals surface area contributed by atoms with Crippen molar-refractivity contribution in [1.29, 1.82) is 0 Å². The molecule has 1 N–H and O–H groups in total. The molecule has 2 fully saturated rings. The van der Waals surface area contributed by atoms with E-state index in [1.54, 1.807) is 0 Å². The van der Waals surface area contributed by atoms with E-state index in [1.165, 1.54) is 38.5 Å². The van der Waals surface area contributed by atoms with Gasteiger partial charge in [0.25, 0.3) is 0 Å². The van der Waals surface area contributed by atoms with Crippen molar-refractivity contribution in [3.63, 3.8) is 0 Å². The smallest absolute Gasteiger partial charge is 0.0640 e. The van der Waals surface area contributed by atoms with Crippen LogP contribution in [0.2, 0.25) is 0 Å². The van der Waals surface area contributed by atoms with Crippen molar-refractivity contribution < 1.29 is 9.84 Å². The standard InChI is InChI=1S/C11H20O2/c12-10-5-8-13-9-11(10)6-3-1-2-4-7-11/h10,12H,1-9H2. The maximum Gasteiger partial charge on any atom is 0.0640 e. The normalized spacial score (nSPS) is 34.4. The molecule has 1 aliphatic heterocycles. The van der Waals surface area contributed by atoms with Gasteiger partial charge in [0.1, 0.15) is 0 Å². The number of rotatable bonds is 0. The molecule has 1 unspecified atom stereocenters. The minimum absolute atomic E-state index is 0.0978. The number of aliphatic hydroxyl groups excluding tert-OH is 1. The average molecular weight is 184 g/mol. The van der Waals surface area contributed by atoms with Crippen LogP contribution in [0.3, 0.4) is 0 Å². The summed E-state index contributed by atoms with van der Waals surface area (Å²) in [6, 6.07) is 0. The van der Waals surface area contributed by atoms with Gasteiger partial charge in [-0.3, -0.25) is 0 Å². The van der Waals surface area contributed by atoms with E-state index in [2.05, 4.69) is 0 Å². The van der Waals surface area contributed by atoms with Crippen LogP contribution in [0.15, 0.2) is 0 Å². The molecular formula is C11H20O2. The van der Waals surface area contributed by atoms with Crippen LogP contribution >= 0.6 is 0 Å². The molecule has 0 aromatic rings. The zero-order valence-electron chi connectivity index (χ0n) is 8.30. The van der Waals surface area contributed by atoms with E-state index in [0.717, 1.165) is 19.6 Å². The Morgan fingerprint density at radius 3 is 2.38 bits per heavy atom. The van der Waals surface area contributed by atoms with Crippen LogP contribution < -0.4 is 0 Å². The van der Waals surface area contributed by atoms with Gasteiger partial charge in [-0.1, -0.05) is 25.7 Å². The lowest BCUT2D eigenvalue weighted by atomic mass is 9.74. The molecule has 0 aromatic carbocycles. The molecule has 13 heavy (non-hydrogen) atoms. The Morgan fingerprint density at radius 2 is 1.77 bits per heavy atom. The van der Waals surface area contributed by atoms with Crippen molar-refractivity contribution in [3.05, 3.63) is 0 Å². The summed E-state index contributed by atoms with van der Waals surface area (Å²) in [5.74, 6) is 0. The van der Waals surface area contributed by atoms with E-state index in [0.29, 0.717) is 0 Å². The summed E-state index contributed by atoms with van der Waals surface area (Å²) >= 11 is 0. The van der Waals surface area contributed by atoms with E-state index in [9.17, 15) is 5.11 Å². The van der Waals surface area contributed by atoms with Crippen LogP contribution in [0.5, 0.6) is 0 Å². The summed E-state index contributed by atoms with van der Waals surface area (Å²) in [5.41, 5.74) is 0.134. The topological polar surface area (TPSA) is 29.5 Å². The molecule has 2 rings (SSSR count). The Balaban J connectivity index is 2.05. The van der Waals surface area contributed by atoms with Gasteiger partial charge in [-0.15, -0.1) is 0 Å². The summed E-state index contributed by atoms with van der Waals surface area (Å²) in [5, 5.41) is 10.0. The zero-order valence-corrected chi connectivity index (χ0v) is 8.30. The molecule has 0 aromatic heterocycles. The van der Waals surface area contributed by atoms with Crippen molar-refractivity contribution in [1.82, 2.24) is 0 Å². The molecule has 1 spiro atoms. The lowest BCUT2D eigenvalue weighted by Gasteiger charge is -2.40. The van der Waals surface area contributed by atoms with E-state index in [1.807, 2.05) is 0 Å². The van der Waals surface area contributed by atoms with E-state index < -0.39 is 0 Å². The fourth-order valence-corrected chi connectivity index (χ4v) is 2.78. The Hall–Kier alpha value is -0.0800. The quantitative estimate of drug-likeness (QED) is 0.624. The van der Waals surface area contributed by atoms with Crippen LogP contribution in [-0.2, 0) is 4.74 Å². The summed E-state index contributed by atoms with van der Waals surface area (Å²) in [6.07, 6.45) is 8.34. The lowest BCUT2D eigenvalue weighted by Crippen LogP contribution is -2.43. The van der Waals surface area contributed by atoms with Gasteiger partial charge in [-0.2, -0.15) is 0 Å². The first-order valence-electron chi connectivity index (χ1n) is 5.59. The summed E-state index contributed by atoms with van der Waals surface area (Å²) in [6.45, 7) is 1.55. The number of hydrogen-bond acceptors (Lipinski definition) is 2. The fraction of sp³-hybridized carbons (Fsp3) is 1.00. The molecule has 1 saturated heterocycles. The van der Waals surface area contributed by atoms with Gasteiger partial charge in [0.15, 0.2) is 0 Å². The van der Waals surface area contributed by atoms with Crippen LogP contribution in [0, 0.1) is 5.41 Å². The molecule has 1 heterocycles. The van der Waals surface area contributed by atoms with E-state index in [4.69, 9.17) is 4.74 Å². The Kier molecular flexibility index (Phi) is 2.89. The molecule has 2 heteroatoms. The highest BCUT2D eigenvalue weighted by atomic mass is 16.5. The first kappa shape index (κ1) is 9.47. The fourth-order valence-electron chi connectivity index (χ4n) is 2.78. The largest absolute Gasteiger partial charge is 0.392 e. The highest BCUT2D eigenvalue weighted by Crippen LogP contribution is 2.41. The van der Waals surface area contributed by atoms with Gasteiger partial charge in [0.2, 0.25) is 0 Å². The minimum Gasteiger partial charge on any atom is -0.392 e. The maximum absolute atomic E-state index is 10.0. The van der Waals surface area contributed by atoms with E-state index in [-0.39, 0.29) is 11.5 Å². The van der Waals surface area contributed by atoms with Crippen molar-refractivity contribution in [3.8, 4) is 0 Å². The van der Waals surface area contributed by atoms with Crippen molar-refractivity contribution >= 4 is 0 Å². The molecular weight excluding hydrogens is 164 g/mol. The monoisotopic (exact) mass is 184 g/mol. The summed E-state index contributed by atoms with van der Waals surface area (Å²) < 4.78 is 5.53. The van der Waals surface area contributed by atoms with Crippen molar-refractivity contribution in [2.24, 2.45) is 5.41 Å². The highest BCUT2D eigenvalue weighted by molar-refractivity contribution is 4.90. The maximum atomic E-state index is 10.0. The average Bonchev–Trinajstić information content (AvgIpc) is 2.37. The van der Waals surface area contributed by atoms with Gasteiger partial charge >= 0.3 is 0 Å². The Bertz CT molecular complexity index is 159. The Labute approximate surface area is 80.3 Å². The van der Waals surface area contributed by atoms with Gasteiger partial charge in [0.05, 0.1) is 12.7 Å². The number of hydrogen-bond donors (Lipinski definition) is 1. The third-order valence-electron chi connectivity index (χ3n) is 3.73. The molecule has 76 valence electrons. The lowest BCUT2D eigenvalue weighted by molar-refractivity contribution is -0.106. The van der Waals surface area contributed by atoms with Crippen LogP contribution in [0.1, 0.15) is 44.9 Å². The van der Waals surface area contributed by atoms with Gasteiger partial charge < -0.3 is 9.84 Å². The molecule has 1 saturated carbocycles. The van der Waals surface area contributed by atoms with E-state index >= 15 is 0 Å². The predicted molar refractivity (Wildman–Crippen MR) is 51.6 cm³/mol. The summed E-state index contributed by atoms with van der Waals surface area (Å²) in [7, 11) is 0. The third kappa shape index (κ3) is 1.89. The molecule has 1 aliphatic carbocycles. The minimum atomic E-state index is -0.0978. The molecule has 2 nitrogen and oxygen atoms in total. The molecule has 0 amide bonds. The second kappa shape index (κ2) is 3.97. The second-order valence-electron chi connectivity index (χ2n) is 4.63. The second-order valence-corrected chi connectivity index (χ2v) is 4.63. The third-order valence-corrected chi connectivity index (χ3v) is 3.73. The predicted octanol–water partition coefficient (Wildman–Crippen LogP) is 2.11. The SMILES string of the molecule is OC1CCOCC12CCCCCC2. The molecule has 0 radical (unpaired) electrons. The first-order chi connectivity index (χ1) is 6.33. The van der Waals surface area contributed by atoms with Crippen molar-refractivity contribution in [2.75, 3.05) is 13.2 Å². The summed E-state index contributed by atoms with van der Waals surface area (Å²) in [4.78, 5) is 0. The highest BCUT2D eigenvalue weighted by Gasteiger charge is 2.40. The van der Waals surface area contributed by atoms with Crippen LogP contribution in [0.4, 0.5) is 0 Å². The molecule has 0 bridgehead atoms. The molecule has 2 aliphatic rings.